The van der Waals surface area contributed by atoms with Crippen molar-refractivity contribution in [2.45, 2.75) is 32.7 Å². The number of benzene rings is 2. The zero-order chi connectivity index (χ0) is 24.6. The Balaban J connectivity index is 1.95. The van der Waals surface area contributed by atoms with Crippen molar-refractivity contribution in [2.24, 2.45) is 0 Å². The minimum absolute atomic E-state index is 0.0363. The molecule has 0 radical (unpaired) electrons. The van der Waals surface area contributed by atoms with Crippen molar-refractivity contribution in [1.29, 1.82) is 0 Å². The first kappa shape index (κ1) is 23.2. The molecule has 1 aliphatic heterocycles. The number of furan rings is 1. The van der Waals surface area contributed by atoms with Gasteiger partial charge in [0.1, 0.15) is 29.1 Å². The second-order valence-corrected chi connectivity index (χ2v) is 8.45. The lowest BCUT2D eigenvalue weighted by molar-refractivity contribution is -0.132. The Morgan fingerprint density at radius 2 is 1.82 bits per heavy atom. The molecular weight excluding hydrogens is 434 g/mol. The number of ether oxygens (including phenoxy) is 2. The number of aliphatic hydroxyl groups is 1. The molecule has 4 rings (SSSR count). The van der Waals surface area contributed by atoms with Gasteiger partial charge in [-0.05, 0) is 60.4 Å². The van der Waals surface area contributed by atoms with Gasteiger partial charge < -0.3 is 19.0 Å². The van der Waals surface area contributed by atoms with Gasteiger partial charge in [0.05, 0.1) is 26.1 Å². The number of hydrogen-bond donors (Lipinski definition) is 1. The molecule has 34 heavy (non-hydrogen) atoms. The van der Waals surface area contributed by atoms with E-state index in [0.29, 0.717) is 34.1 Å². The van der Waals surface area contributed by atoms with Gasteiger partial charge in [0.25, 0.3) is 11.7 Å². The fraction of sp³-hybridized carbons (Fsp3) is 0.259. The van der Waals surface area contributed by atoms with Crippen LogP contribution in [0.2, 0.25) is 0 Å². The van der Waals surface area contributed by atoms with E-state index in [-0.39, 0.29) is 17.3 Å². The van der Waals surface area contributed by atoms with Crippen LogP contribution in [0.5, 0.6) is 11.5 Å². The molecule has 0 aliphatic carbocycles. The van der Waals surface area contributed by atoms with Crippen LogP contribution in [0.1, 0.15) is 48.3 Å². The predicted molar refractivity (Wildman–Crippen MR) is 128 cm³/mol. The maximum Gasteiger partial charge on any atom is 0.300 e. The quantitative estimate of drug-likeness (QED) is 0.302. The van der Waals surface area contributed by atoms with Crippen LogP contribution in [0.25, 0.3) is 5.76 Å². The number of carbonyl (C=O) groups excluding carboxylic acids is 2. The highest BCUT2D eigenvalue weighted by Gasteiger charge is 2.48. The number of rotatable bonds is 6. The van der Waals surface area contributed by atoms with Crippen molar-refractivity contribution in [3.05, 3.63) is 82.8 Å². The van der Waals surface area contributed by atoms with E-state index in [0.717, 1.165) is 5.56 Å². The Hall–Kier alpha value is -4.00. The molecule has 1 saturated heterocycles. The molecule has 0 spiro atoms. The summed E-state index contributed by atoms with van der Waals surface area (Å²) in [6, 6.07) is 12.9. The van der Waals surface area contributed by atoms with Gasteiger partial charge in [-0.3, -0.25) is 14.5 Å². The minimum atomic E-state index is -0.939. The molecule has 2 heterocycles. The molecule has 1 aliphatic rings. The van der Waals surface area contributed by atoms with Crippen LogP contribution in [0.15, 0.2) is 64.8 Å². The lowest BCUT2D eigenvalue weighted by Crippen LogP contribution is -2.29. The van der Waals surface area contributed by atoms with Crippen molar-refractivity contribution in [2.75, 3.05) is 19.1 Å². The molecule has 2 aromatic carbocycles. The van der Waals surface area contributed by atoms with Gasteiger partial charge in [-0.25, -0.2) is 0 Å². The first-order chi connectivity index (χ1) is 16.3. The fourth-order valence-corrected chi connectivity index (χ4v) is 4.30. The third kappa shape index (κ3) is 3.83. The molecule has 1 N–H and O–H groups in total. The maximum atomic E-state index is 13.3. The van der Waals surface area contributed by atoms with Crippen LogP contribution in [0, 0.1) is 6.92 Å². The second-order valence-electron chi connectivity index (χ2n) is 8.45. The lowest BCUT2D eigenvalue weighted by atomic mass is 9.92. The molecule has 1 amide bonds. The van der Waals surface area contributed by atoms with Crippen LogP contribution in [-0.2, 0) is 9.59 Å². The highest BCUT2D eigenvalue weighted by Crippen LogP contribution is 2.44. The third-order valence-electron chi connectivity index (χ3n) is 6.04. The van der Waals surface area contributed by atoms with Crippen LogP contribution in [0.3, 0.4) is 0 Å². The van der Waals surface area contributed by atoms with Gasteiger partial charge in [0, 0.05) is 17.3 Å². The molecule has 7 heteroatoms. The van der Waals surface area contributed by atoms with Crippen molar-refractivity contribution < 1.29 is 28.6 Å². The number of amides is 1. The minimum Gasteiger partial charge on any atom is -0.507 e. The van der Waals surface area contributed by atoms with E-state index < -0.39 is 17.7 Å². The smallest absolute Gasteiger partial charge is 0.300 e. The number of aryl methyl sites for hydroxylation is 1. The average molecular weight is 462 g/mol. The maximum absolute atomic E-state index is 13.3. The summed E-state index contributed by atoms with van der Waals surface area (Å²) in [5.41, 5.74) is 2.47. The van der Waals surface area contributed by atoms with Crippen LogP contribution in [0.4, 0.5) is 5.69 Å². The van der Waals surface area contributed by atoms with Crippen molar-refractivity contribution >= 4 is 23.1 Å². The number of carbonyl (C=O) groups is 2. The average Bonchev–Trinajstić information content (AvgIpc) is 3.45. The van der Waals surface area contributed by atoms with Gasteiger partial charge in [-0.2, -0.15) is 0 Å². The molecule has 1 aromatic heterocycles. The zero-order valence-electron chi connectivity index (χ0n) is 19.8. The van der Waals surface area contributed by atoms with E-state index >= 15 is 0 Å². The predicted octanol–water partition coefficient (Wildman–Crippen LogP) is 5.35. The standard InChI is InChI=1S/C27H27NO6/c1-15(2)19-14-20(16(3)12-22(19)33-5)25(29)23-24(21-10-7-11-34-21)28(27(31)26(23)30)17-8-6-9-18(13-17)32-4/h6-15,24,29H,1-5H3/b25-23+. The fourth-order valence-electron chi connectivity index (χ4n) is 4.30. The van der Waals surface area contributed by atoms with E-state index in [4.69, 9.17) is 13.9 Å². The number of nitrogens with zero attached hydrogens (tertiary/aromatic N) is 1. The van der Waals surface area contributed by atoms with Gasteiger partial charge in [-0.15, -0.1) is 0 Å². The molecule has 0 bridgehead atoms. The Morgan fingerprint density at radius 3 is 2.44 bits per heavy atom. The highest BCUT2D eigenvalue weighted by atomic mass is 16.5. The molecular formula is C27H27NO6. The molecule has 1 unspecified atom stereocenters. The van der Waals surface area contributed by atoms with Crippen molar-refractivity contribution in [3.63, 3.8) is 0 Å². The summed E-state index contributed by atoms with van der Waals surface area (Å²) in [6.45, 7) is 5.85. The summed E-state index contributed by atoms with van der Waals surface area (Å²) >= 11 is 0. The summed E-state index contributed by atoms with van der Waals surface area (Å²) in [6.07, 6.45) is 1.47. The van der Waals surface area contributed by atoms with Gasteiger partial charge in [-0.1, -0.05) is 19.9 Å². The molecule has 0 saturated carbocycles. The summed E-state index contributed by atoms with van der Waals surface area (Å²) in [4.78, 5) is 27.9. The number of Topliss-reactive ketones (excluding diaryl/α,β-unsaturated/α-hetero) is 1. The number of ketones is 1. The lowest BCUT2D eigenvalue weighted by Gasteiger charge is -2.24. The molecule has 7 nitrogen and oxygen atoms in total. The molecule has 1 atom stereocenters. The van der Waals surface area contributed by atoms with Crippen LogP contribution < -0.4 is 14.4 Å². The number of anilines is 1. The number of hydrogen-bond acceptors (Lipinski definition) is 6. The van der Waals surface area contributed by atoms with Gasteiger partial charge in [0.2, 0.25) is 0 Å². The second kappa shape index (κ2) is 9.09. The topological polar surface area (TPSA) is 89.2 Å². The molecule has 1 fully saturated rings. The summed E-state index contributed by atoms with van der Waals surface area (Å²) in [5, 5.41) is 11.5. The monoisotopic (exact) mass is 461 g/mol. The van der Waals surface area contributed by atoms with Crippen LogP contribution >= 0.6 is 0 Å². The number of aliphatic hydroxyl groups excluding tert-OH is 1. The van der Waals surface area contributed by atoms with Gasteiger partial charge >= 0.3 is 0 Å². The normalized spacial score (nSPS) is 17.5. The number of methoxy groups -OCH3 is 2. The largest absolute Gasteiger partial charge is 0.507 e. The van der Waals surface area contributed by atoms with E-state index in [1.54, 1.807) is 43.5 Å². The van der Waals surface area contributed by atoms with Crippen molar-refractivity contribution in [1.82, 2.24) is 0 Å². The van der Waals surface area contributed by atoms with E-state index in [1.165, 1.54) is 18.3 Å². The summed E-state index contributed by atoms with van der Waals surface area (Å²) < 4.78 is 16.4. The SMILES string of the molecule is COc1cccc(N2C(=O)C(=O)/C(=C(/O)c3cc(C(C)C)c(OC)cc3C)C2c2ccco2)c1. The molecule has 176 valence electrons. The van der Waals surface area contributed by atoms with E-state index in [2.05, 4.69) is 0 Å². The Kier molecular flexibility index (Phi) is 6.20. The van der Waals surface area contributed by atoms with Crippen LogP contribution in [-0.4, -0.2) is 31.0 Å². The first-order valence-electron chi connectivity index (χ1n) is 11.0. The third-order valence-corrected chi connectivity index (χ3v) is 6.04. The van der Waals surface area contributed by atoms with Gasteiger partial charge in [0.15, 0.2) is 0 Å². The molecule has 3 aromatic rings. The highest BCUT2D eigenvalue weighted by molar-refractivity contribution is 6.51. The summed E-state index contributed by atoms with van der Waals surface area (Å²) in [7, 11) is 3.12. The Bertz CT molecular complexity index is 1270. The van der Waals surface area contributed by atoms with E-state index in [9.17, 15) is 14.7 Å². The van der Waals surface area contributed by atoms with Crippen molar-refractivity contribution in [3.8, 4) is 11.5 Å². The Morgan fingerprint density at radius 1 is 1.06 bits per heavy atom. The first-order valence-corrected chi connectivity index (χ1v) is 11.0. The summed E-state index contributed by atoms with van der Waals surface area (Å²) in [5.74, 6) is -0.101. The van der Waals surface area contributed by atoms with E-state index in [1.807, 2.05) is 32.9 Å². The Labute approximate surface area is 198 Å². The zero-order valence-corrected chi connectivity index (χ0v) is 19.8.